The molecular formula is C51H89NO3. The molecule has 0 aromatic carbocycles. The number of carbonyl (C=O) groups excluding carboxylic acids is 1. The first-order valence-electron chi connectivity index (χ1n) is 23.3. The lowest BCUT2D eigenvalue weighted by Gasteiger charge is -2.19. The van der Waals surface area contributed by atoms with E-state index in [-0.39, 0.29) is 12.5 Å². The predicted molar refractivity (Wildman–Crippen MR) is 243 cm³/mol. The molecule has 0 heterocycles. The normalized spacial score (nSPS) is 13.7. The first-order valence-corrected chi connectivity index (χ1v) is 23.3. The summed E-state index contributed by atoms with van der Waals surface area (Å²) >= 11 is 0. The molecule has 1 amide bonds. The van der Waals surface area contributed by atoms with E-state index >= 15 is 0 Å². The minimum absolute atomic E-state index is 0.0743. The third-order valence-electron chi connectivity index (χ3n) is 10.1. The van der Waals surface area contributed by atoms with Crippen molar-refractivity contribution in [3.63, 3.8) is 0 Å². The van der Waals surface area contributed by atoms with Gasteiger partial charge in [0.25, 0.3) is 0 Å². The van der Waals surface area contributed by atoms with Gasteiger partial charge in [0.1, 0.15) is 0 Å². The van der Waals surface area contributed by atoms with Crippen LogP contribution in [0.25, 0.3) is 0 Å². The predicted octanol–water partition coefficient (Wildman–Crippen LogP) is 14.9. The quantitative estimate of drug-likeness (QED) is 0.0429. The summed E-state index contributed by atoms with van der Waals surface area (Å²) in [4.78, 5) is 12.2. The molecule has 0 rings (SSSR count). The summed E-state index contributed by atoms with van der Waals surface area (Å²) in [5.74, 6) is -0.0743. The maximum Gasteiger partial charge on any atom is 0.220 e. The zero-order valence-corrected chi connectivity index (χ0v) is 36.2. The zero-order valence-electron chi connectivity index (χ0n) is 36.2. The first kappa shape index (κ1) is 52.6. The van der Waals surface area contributed by atoms with Crippen LogP contribution in [0.3, 0.4) is 0 Å². The average Bonchev–Trinajstić information content (AvgIpc) is 3.19. The van der Waals surface area contributed by atoms with Gasteiger partial charge in [-0.05, 0) is 64.2 Å². The van der Waals surface area contributed by atoms with E-state index in [1.807, 2.05) is 6.08 Å². The molecule has 2 atom stereocenters. The van der Waals surface area contributed by atoms with Gasteiger partial charge < -0.3 is 15.5 Å². The van der Waals surface area contributed by atoms with Crippen LogP contribution < -0.4 is 5.32 Å². The van der Waals surface area contributed by atoms with Gasteiger partial charge in [0.05, 0.1) is 18.8 Å². The Labute approximate surface area is 341 Å². The van der Waals surface area contributed by atoms with E-state index in [0.29, 0.717) is 6.42 Å². The van der Waals surface area contributed by atoms with Crippen LogP contribution in [-0.4, -0.2) is 34.9 Å². The molecule has 4 nitrogen and oxygen atoms in total. The lowest BCUT2D eigenvalue weighted by atomic mass is 10.0. The van der Waals surface area contributed by atoms with E-state index in [9.17, 15) is 15.0 Å². The van der Waals surface area contributed by atoms with Gasteiger partial charge in [-0.3, -0.25) is 4.79 Å². The molecule has 0 saturated carbocycles. The number of hydrogen-bond donors (Lipinski definition) is 3. The fourth-order valence-corrected chi connectivity index (χ4v) is 6.58. The highest BCUT2D eigenvalue weighted by atomic mass is 16.3. The van der Waals surface area contributed by atoms with Crippen molar-refractivity contribution in [1.29, 1.82) is 0 Å². The molecule has 0 fully saturated rings. The molecule has 0 saturated heterocycles. The van der Waals surface area contributed by atoms with Crippen molar-refractivity contribution >= 4 is 5.91 Å². The number of allylic oxidation sites excluding steroid dienone is 13. The highest BCUT2D eigenvalue weighted by Crippen LogP contribution is 2.15. The largest absolute Gasteiger partial charge is 0.394 e. The Morgan fingerprint density at radius 3 is 1.18 bits per heavy atom. The Morgan fingerprint density at radius 2 is 0.800 bits per heavy atom. The van der Waals surface area contributed by atoms with Crippen LogP contribution in [0, 0.1) is 0 Å². The van der Waals surface area contributed by atoms with Gasteiger partial charge >= 0.3 is 0 Å². The minimum atomic E-state index is -0.835. The molecule has 4 heteroatoms. The molecule has 0 aromatic heterocycles. The fraction of sp³-hybridized carbons (Fsp3) is 0.706. The van der Waals surface area contributed by atoms with Gasteiger partial charge in [0.15, 0.2) is 0 Å². The van der Waals surface area contributed by atoms with Crippen molar-refractivity contribution < 1.29 is 15.0 Å². The standard InChI is InChI=1S/C51H89NO3/c1-3-5-7-9-10-11-12-13-14-15-16-17-18-19-20-21-22-23-24-25-26-27-28-29-30-31-32-33-34-35-36-37-38-39-40-41-42-43-45-47-51(55)52-49(48-53)50(54)46-44-8-6-4-2/h5,7,10-11,13-14,16-17,19-20,22-23,44,46,49-50,53-54H,3-4,6,8-9,12,15,18,21,24-43,45,47-48H2,1-2H3,(H,52,55)/b7-5-,11-10-,14-13-,17-16-,20-19-,23-22-,46-44+. The summed E-state index contributed by atoms with van der Waals surface area (Å²) in [6, 6.07) is -0.618. The fourth-order valence-electron chi connectivity index (χ4n) is 6.58. The number of aliphatic hydroxyl groups excluding tert-OH is 2. The van der Waals surface area contributed by atoms with E-state index < -0.39 is 12.1 Å². The molecule has 316 valence electrons. The van der Waals surface area contributed by atoms with Crippen molar-refractivity contribution in [3.05, 3.63) is 85.1 Å². The second kappa shape index (κ2) is 46.0. The summed E-state index contributed by atoms with van der Waals surface area (Å²) in [6.07, 6.45) is 67.7. The molecule has 0 aliphatic rings. The topological polar surface area (TPSA) is 69.6 Å². The molecular weight excluding hydrogens is 675 g/mol. The molecule has 0 spiro atoms. The van der Waals surface area contributed by atoms with Crippen LogP contribution in [0.2, 0.25) is 0 Å². The Bertz CT molecular complexity index is 1000. The molecule has 0 bridgehead atoms. The van der Waals surface area contributed by atoms with Crippen LogP contribution in [0.15, 0.2) is 85.1 Å². The molecule has 55 heavy (non-hydrogen) atoms. The van der Waals surface area contributed by atoms with Crippen LogP contribution in [-0.2, 0) is 4.79 Å². The van der Waals surface area contributed by atoms with E-state index in [2.05, 4.69) is 92.1 Å². The number of nitrogens with one attached hydrogen (secondary N) is 1. The zero-order chi connectivity index (χ0) is 40.0. The maximum atomic E-state index is 12.2. The number of aliphatic hydroxyl groups is 2. The highest BCUT2D eigenvalue weighted by molar-refractivity contribution is 5.76. The summed E-state index contributed by atoms with van der Waals surface area (Å²) in [5, 5.41) is 22.5. The summed E-state index contributed by atoms with van der Waals surface area (Å²) < 4.78 is 0. The van der Waals surface area contributed by atoms with E-state index in [4.69, 9.17) is 0 Å². The lowest BCUT2D eigenvalue weighted by molar-refractivity contribution is -0.123. The summed E-state index contributed by atoms with van der Waals surface area (Å²) in [5.41, 5.74) is 0. The molecule has 0 aliphatic heterocycles. The molecule has 0 aromatic rings. The van der Waals surface area contributed by atoms with Crippen molar-refractivity contribution in [2.75, 3.05) is 6.61 Å². The third-order valence-corrected chi connectivity index (χ3v) is 10.1. The van der Waals surface area contributed by atoms with Crippen LogP contribution in [0.5, 0.6) is 0 Å². The SMILES string of the molecule is CC/C=C\C/C=C\C/C=C\C/C=C\C/C=C\C/C=C\CCCCCCCCCCCCCCCCCCCCCCC(=O)NC(CO)C(O)/C=C/CCCC. The lowest BCUT2D eigenvalue weighted by Crippen LogP contribution is -2.45. The summed E-state index contributed by atoms with van der Waals surface area (Å²) in [6.45, 7) is 4.05. The number of hydrogen-bond acceptors (Lipinski definition) is 3. The second-order valence-electron chi connectivity index (χ2n) is 15.4. The second-order valence-corrected chi connectivity index (χ2v) is 15.4. The van der Waals surface area contributed by atoms with E-state index in [1.165, 1.54) is 122 Å². The van der Waals surface area contributed by atoms with Crippen molar-refractivity contribution in [3.8, 4) is 0 Å². The van der Waals surface area contributed by atoms with Crippen molar-refractivity contribution in [1.82, 2.24) is 5.32 Å². The Morgan fingerprint density at radius 1 is 0.455 bits per heavy atom. The Hall–Kier alpha value is -2.43. The third kappa shape index (κ3) is 42.6. The molecule has 3 N–H and O–H groups in total. The number of unbranched alkanes of at least 4 members (excludes halogenated alkanes) is 22. The van der Waals surface area contributed by atoms with Gasteiger partial charge in [-0.15, -0.1) is 0 Å². The van der Waals surface area contributed by atoms with Crippen LogP contribution >= 0.6 is 0 Å². The van der Waals surface area contributed by atoms with Gasteiger partial charge in [0, 0.05) is 6.42 Å². The summed E-state index contributed by atoms with van der Waals surface area (Å²) in [7, 11) is 0. The number of carbonyl (C=O) groups is 1. The van der Waals surface area contributed by atoms with E-state index in [0.717, 1.165) is 70.6 Å². The maximum absolute atomic E-state index is 12.2. The Kier molecular flexibility index (Phi) is 43.9. The van der Waals surface area contributed by atoms with Gasteiger partial charge in [-0.1, -0.05) is 227 Å². The Balaban J connectivity index is 3.39. The monoisotopic (exact) mass is 764 g/mol. The molecule has 0 aliphatic carbocycles. The smallest absolute Gasteiger partial charge is 0.220 e. The first-order chi connectivity index (χ1) is 27.2. The highest BCUT2D eigenvalue weighted by Gasteiger charge is 2.17. The van der Waals surface area contributed by atoms with Gasteiger partial charge in [-0.2, -0.15) is 0 Å². The van der Waals surface area contributed by atoms with Crippen LogP contribution in [0.4, 0.5) is 0 Å². The van der Waals surface area contributed by atoms with E-state index in [1.54, 1.807) is 6.08 Å². The van der Waals surface area contributed by atoms with Gasteiger partial charge in [0.2, 0.25) is 5.91 Å². The van der Waals surface area contributed by atoms with Crippen LogP contribution in [0.1, 0.15) is 213 Å². The minimum Gasteiger partial charge on any atom is -0.394 e. The van der Waals surface area contributed by atoms with Crippen molar-refractivity contribution in [2.24, 2.45) is 0 Å². The average molecular weight is 764 g/mol. The molecule has 0 radical (unpaired) electrons. The molecule has 2 unspecified atom stereocenters. The van der Waals surface area contributed by atoms with Gasteiger partial charge in [-0.25, -0.2) is 0 Å². The van der Waals surface area contributed by atoms with Crippen molar-refractivity contribution in [2.45, 2.75) is 225 Å². The number of amides is 1. The number of rotatable bonds is 41.